The van der Waals surface area contributed by atoms with Gasteiger partial charge in [-0.25, -0.2) is 4.79 Å². The Morgan fingerprint density at radius 1 is 1.39 bits per heavy atom. The van der Waals surface area contributed by atoms with Crippen molar-refractivity contribution in [1.29, 1.82) is 0 Å². The predicted octanol–water partition coefficient (Wildman–Crippen LogP) is -0.374. The van der Waals surface area contributed by atoms with Gasteiger partial charge in [-0.05, 0) is 20.3 Å². The summed E-state index contributed by atoms with van der Waals surface area (Å²) in [4.78, 5) is 23.6. The molecule has 0 aliphatic heterocycles. The van der Waals surface area contributed by atoms with Gasteiger partial charge in [0.25, 0.3) is 0 Å². The normalized spacial score (nSPS) is 13.8. The number of hydrogen-bond acceptors (Lipinski definition) is 4. The molecule has 1 atom stereocenters. The predicted molar refractivity (Wildman–Crippen MR) is 65.2 cm³/mol. The maximum Gasteiger partial charge on any atom is 0.317 e. The molecule has 0 radical (unpaired) electrons. The molecule has 7 heteroatoms. The van der Waals surface area contributed by atoms with Crippen LogP contribution in [0.1, 0.15) is 26.7 Å². The molecule has 0 saturated carbocycles. The van der Waals surface area contributed by atoms with E-state index in [-0.39, 0.29) is 19.2 Å². The Morgan fingerprint density at radius 2 is 2.00 bits per heavy atom. The molecule has 0 aromatic carbocycles. The highest BCUT2D eigenvalue weighted by molar-refractivity contribution is 5.74. The van der Waals surface area contributed by atoms with Gasteiger partial charge >= 0.3 is 12.0 Å². The summed E-state index contributed by atoms with van der Waals surface area (Å²) >= 11 is 0. The van der Waals surface area contributed by atoms with Crippen molar-refractivity contribution in [1.82, 2.24) is 10.2 Å². The summed E-state index contributed by atoms with van der Waals surface area (Å²) in [6.45, 7) is 3.92. The Kier molecular flexibility index (Phi) is 7.30. The molecular formula is C11H22N2O5. The first-order chi connectivity index (χ1) is 8.32. The summed E-state index contributed by atoms with van der Waals surface area (Å²) in [5.74, 6) is -1.12. The van der Waals surface area contributed by atoms with Gasteiger partial charge in [0.1, 0.15) is 0 Å². The van der Waals surface area contributed by atoms with E-state index in [1.54, 1.807) is 6.92 Å². The fourth-order valence-electron chi connectivity index (χ4n) is 1.43. The third-order valence-electron chi connectivity index (χ3n) is 2.41. The van der Waals surface area contributed by atoms with Crippen LogP contribution in [0.25, 0.3) is 0 Å². The summed E-state index contributed by atoms with van der Waals surface area (Å²) in [5.41, 5.74) is -1.47. The van der Waals surface area contributed by atoms with E-state index in [0.29, 0.717) is 19.5 Å². The van der Waals surface area contributed by atoms with Crippen molar-refractivity contribution < 1.29 is 24.9 Å². The first kappa shape index (κ1) is 16.7. The Morgan fingerprint density at radius 3 is 2.44 bits per heavy atom. The van der Waals surface area contributed by atoms with Gasteiger partial charge in [-0.3, -0.25) is 4.79 Å². The molecule has 0 aromatic heterocycles. The Hall–Kier alpha value is -1.34. The molecule has 0 aliphatic carbocycles. The number of rotatable bonds is 8. The van der Waals surface area contributed by atoms with Crippen molar-refractivity contribution >= 4 is 12.0 Å². The van der Waals surface area contributed by atoms with Crippen LogP contribution in [0.5, 0.6) is 0 Å². The van der Waals surface area contributed by atoms with E-state index in [9.17, 15) is 14.7 Å². The number of urea groups is 1. The van der Waals surface area contributed by atoms with Gasteiger partial charge < -0.3 is 25.5 Å². The van der Waals surface area contributed by atoms with Gasteiger partial charge in [-0.2, -0.15) is 0 Å². The number of nitrogens with zero attached hydrogens (tertiary/aromatic N) is 1. The molecule has 0 aliphatic rings. The van der Waals surface area contributed by atoms with E-state index >= 15 is 0 Å². The molecule has 0 bridgehead atoms. The van der Waals surface area contributed by atoms with Gasteiger partial charge in [0.05, 0.1) is 12.0 Å². The van der Waals surface area contributed by atoms with Crippen LogP contribution in [0.15, 0.2) is 0 Å². The number of carbonyl (C=O) groups excluding carboxylic acids is 1. The highest BCUT2D eigenvalue weighted by Crippen LogP contribution is 2.07. The summed E-state index contributed by atoms with van der Waals surface area (Å²) in [7, 11) is 0. The lowest BCUT2D eigenvalue weighted by Crippen LogP contribution is -2.47. The first-order valence-electron chi connectivity index (χ1n) is 5.90. The van der Waals surface area contributed by atoms with Crippen LogP contribution in [0.2, 0.25) is 0 Å². The summed E-state index contributed by atoms with van der Waals surface area (Å²) in [6.07, 6.45) is 0.0445. The maximum atomic E-state index is 11.7. The number of aliphatic hydroxyl groups is 2. The molecule has 1 unspecified atom stereocenters. The fraction of sp³-hybridized carbons (Fsp3) is 0.818. The molecule has 7 nitrogen and oxygen atoms in total. The fourth-order valence-corrected chi connectivity index (χ4v) is 1.43. The molecule has 18 heavy (non-hydrogen) atoms. The van der Waals surface area contributed by atoms with Crippen molar-refractivity contribution in [2.75, 3.05) is 26.2 Å². The minimum Gasteiger partial charge on any atom is -0.481 e. The van der Waals surface area contributed by atoms with Crippen LogP contribution in [0.4, 0.5) is 4.79 Å². The minimum absolute atomic E-state index is 0.000505. The van der Waals surface area contributed by atoms with Crippen molar-refractivity contribution in [3.63, 3.8) is 0 Å². The number of aliphatic hydroxyl groups excluding tert-OH is 1. The number of hydrogen-bond donors (Lipinski definition) is 4. The van der Waals surface area contributed by atoms with E-state index < -0.39 is 18.0 Å². The molecule has 0 rings (SSSR count). The van der Waals surface area contributed by atoms with Crippen molar-refractivity contribution in [2.24, 2.45) is 0 Å². The summed E-state index contributed by atoms with van der Waals surface area (Å²) < 4.78 is 0. The third kappa shape index (κ3) is 7.08. The van der Waals surface area contributed by atoms with E-state index in [4.69, 9.17) is 10.2 Å². The lowest BCUT2D eigenvalue weighted by Gasteiger charge is -2.25. The molecule has 0 heterocycles. The smallest absolute Gasteiger partial charge is 0.317 e. The molecule has 2 amide bonds. The Bertz CT molecular complexity index is 281. The zero-order valence-corrected chi connectivity index (χ0v) is 10.8. The average molecular weight is 262 g/mol. The van der Waals surface area contributed by atoms with Crippen LogP contribution in [-0.4, -0.2) is 64.1 Å². The zero-order valence-electron chi connectivity index (χ0n) is 10.8. The number of aliphatic carboxylic acids is 1. The van der Waals surface area contributed by atoms with E-state index in [0.717, 1.165) is 0 Å². The molecule has 0 aromatic rings. The van der Waals surface area contributed by atoms with Gasteiger partial charge in [-0.15, -0.1) is 0 Å². The molecule has 4 N–H and O–H groups in total. The monoisotopic (exact) mass is 262 g/mol. The van der Waals surface area contributed by atoms with E-state index in [2.05, 4.69) is 5.32 Å². The average Bonchev–Trinajstić information content (AvgIpc) is 2.26. The minimum atomic E-state index is -1.47. The van der Waals surface area contributed by atoms with Crippen LogP contribution in [0, 0.1) is 0 Å². The quantitative estimate of drug-likeness (QED) is 0.477. The number of carbonyl (C=O) groups is 2. The SMILES string of the molecule is CCN(CCCO)C(=O)NCC(C)(O)CC(=O)O. The zero-order chi connectivity index (χ0) is 14.2. The third-order valence-corrected chi connectivity index (χ3v) is 2.41. The molecule has 0 spiro atoms. The van der Waals surface area contributed by atoms with E-state index in [1.165, 1.54) is 11.8 Å². The number of amides is 2. The molecule has 0 fully saturated rings. The first-order valence-corrected chi connectivity index (χ1v) is 5.90. The molecule has 0 saturated heterocycles. The van der Waals surface area contributed by atoms with Crippen LogP contribution < -0.4 is 5.32 Å². The second kappa shape index (κ2) is 7.88. The molecule has 106 valence electrons. The number of nitrogens with one attached hydrogen (secondary N) is 1. The molecular weight excluding hydrogens is 240 g/mol. The summed E-state index contributed by atoms with van der Waals surface area (Å²) in [6, 6.07) is -0.378. The number of carboxylic acids is 1. The maximum absolute atomic E-state index is 11.7. The second-order valence-corrected chi connectivity index (χ2v) is 4.38. The van der Waals surface area contributed by atoms with Gasteiger partial charge in [0, 0.05) is 26.2 Å². The highest BCUT2D eigenvalue weighted by atomic mass is 16.4. The largest absolute Gasteiger partial charge is 0.481 e. The van der Waals surface area contributed by atoms with E-state index in [1.807, 2.05) is 0 Å². The standard InChI is InChI=1S/C11H22N2O5/c1-3-13(5-4-6-14)10(17)12-8-11(2,18)7-9(15)16/h14,18H,3-8H2,1-2H3,(H,12,17)(H,15,16). The lowest BCUT2D eigenvalue weighted by molar-refractivity contribution is -0.141. The van der Waals surface area contributed by atoms with Crippen molar-refractivity contribution in [3.8, 4) is 0 Å². The van der Waals surface area contributed by atoms with Crippen molar-refractivity contribution in [3.05, 3.63) is 0 Å². The van der Waals surface area contributed by atoms with Gasteiger partial charge in [-0.1, -0.05) is 0 Å². The van der Waals surface area contributed by atoms with Crippen molar-refractivity contribution in [2.45, 2.75) is 32.3 Å². The topological polar surface area (TPSA) is 110 Å². The number of carboxylic acid groups (broad SMARTS) is 1. The van der Waals surface area contributed by atoms with Crippen LogP contribution in [-0.2, 0) is 4.79 Å². The van der Waals surface area contributed by atoms with Gasteiger partial charge in [0.15, 0.2) is 0 Å². The Balaban J connectivity index is 4.17. The lowest BCUT2D eigenvalue weighted by atomic mass is 10.0. The van der Waals surface area contributed by atoms with Crippen LogP contribution in [0.3, 0.4) is 0 Å². The Labute approximate surface area is 106 Å². The van der Waals surface area contributed by atoms with Gasteiger partial charge in [0.2, 0.25) is 0 Å². The second-order valence-electron chi connectivity index (χ2n) is 4.38. The van der Waals surface area contributed by atoms with Crippen LogP contribution >= 0.6 is 0 Å². The highest BCUT2D eigenvalue weighted by Gasteiger charge is 2.25. The summed E-state index contributed by atoms with van der Waals surface area (Å²) in [5, 5.41) is 29.5.